The van der Waals surface area contributed by atoms with E-state index in [0.29, 0.717) is 6.42 Å². The van der Waals surface area contributed by atoms with Crippen molar-refractivity contribution in [2.75, 3.05) is 0 Å². The van der Waals surface area contributed by atoms with E-state index in [2.05, 4.69) is 33.9 Å². The molecule has 0 aliphatic rings. The smallest absolute Gasteiger partial charge is 0.192 e. The molecule has 4 nitrogen and oxygen atoms in total. The largest absolute Gasteiger partial charge is 0.411 e. The molecule has 0 rings (SSSR count). The molecule has 0 aliphatic carbocycles. The highest BCUT2D eigenvalue weighted by atomic mass is 28.4. The van der Waals surface area contributed by atoms with Gasteiger partial charge in [0, 0.05) is 0 Å². The standard InChI is InChI=1S/C15H30O4Si/c1-8-13(19-20(6,7)15(3,4)5)14(18)12(17)10-9-11(2)16/h9-10,12-14,17-18H,8H2,1-7H3/b10-9+/t12-,13+,14+/m0/s1. The molecule has 20 heavy (non-hydrogen) atoms. The third kappa shape index (κ3) is 5.87. The van der Waals surface area contributed by atoms with Crippen molar-refractivity contribution in [2.24, 2.45) is 0 Å². The highest BCUT2D eigenvalue weighted by molar-refractivity contribution is 6.74. The van der Waals surface area contributed by atoms with Crippen molar-refractivity contribution in [3.05, 3.63) is 12.2 Å². The highest BCUT2D eigenvalue weighted by Crippen LogP contribution is 2.38. The van der Waals surface area contributed by atoms with Crippen molar-refractivity contribution in [2.45, 2.75) is 77.5 Å². The molecule has 0 aliphatic heterocycles. The zero-order valence-corrected chi connectivity index (χ0v) is 14.8. The fourth-order valence-electron chi connectivity index (χ4n) is 1.52. The fourth-order valence-corrected chi connectivity index (χ4v) is 2.93. The molecular formula is C15H30O4Si. The fraction of sp³-hybridized carbons (Fsp3) is 0.800. The average molecular weight is 302 g/mol. The highest BCUT2D eigenvalue weighted by Gasteiger charge is 2.40. The van der Waals surface area contributed by atoms with Gasteiger partial charge in [-0.2, -0.15) is 0 Å². The lowest BCUT2D eigenvalue weighted by Gasteiger charge is -2.40. The second-order valence-electron chi connectivity index (χ2n) is 6.78. The first kappa shape index (κ1) is 19.5. The molecule has 2 N–H and O–H groups in total. The molecule has 0 bridgehead atoms. The number of carbonyl (C=O) groups excluding carboxylic acids is 1. The third-order valence-electron chi connectivity index (χ3n) is 3.91. The molecule has 5 heteroatoms. The van der Waals surface area contributed by atoms with Crippen LogP contribution in [0.5, 0.6) is 0 Å². The summed E-state index contributed by atoms with van der Waals surface area (Å²) in [5.74, 6) is -0.158. The molecule has 0 aromatic carbocycles. The summed E-state index contributed by atoms with van der Waals surface area (Å²) in [5.41, 5.74) is 0. The number of hydrogen-bond donors (Lipinski definition) is 2. The van der Waals surface area contributed by atoms with Crippen LogP contribution in [0.15, 0.2) is 12.2 Å². The molecule has 0 saturated heterocycles. The van der Waals surface area contributed by atoms with E-state index in [1.807, 2.05) is 6.92 Å². The summed E-state index contributed by atoms with van der Waals surface area (Å²) < 4.78 is 6.15. The van der Waals surface area contributed by atoms with Crippen LogP contribution < -0.4 is 0 Å². The molecule has 0 spiro atoms. The summed E-state index contributed by atoms with van der Waals surface area (Å²) in [6, 6.07) is 0. The summed E-state index contributed by atoms with van der Waals surface area (Å²) in [7, 11) is -2.00. The molecule has 0 aromatic rings. The monoisotopic (exact) mass is 302 g/mol. The van der Waals surface area contributed by atoms with Crippen LogP contribution in [-0.4, -0.2) is 42.6 Å². The van der Waals surface area contributed by atoms with Crippen LogP contribution in [0.2, 0.25) is 18.1 Å². The molecule has 0 radical (unpaired) electrons. The Morgan fingerprint density at radius 1 is 1.30 bits per heavy atom. The van der Waals surface area contributed by atoms with E-state index in [0.717, 1.165) is 0 Å². The Morgan fingerprint density at radius 3 is 2.15 bits per heavy atom. The maximum atomic E-state index is 10.9. The van der Waals surface area contributed by atoms with E-state index in [-0.39, 0.29) is 10.8 Å². The average Bonchev–Trinajstić information content (AvgIpc) is 2.30. The SMILES string of the molecule is CC[C@@H](O[Si](C)(C)C(C)(C)C)[C@H](O)[C@@H](O)/C=C/C(C)=O. The van der Waals surface area contributed by atoms with Crippen LogP contribution in [0.1, 0.15) is 41.0 Å². The van der Waals surface area contributed by atoms with E-state index in [4.69, 9.17) is 4.43 Å². The Labute approximate surface area is 124 Å². The van der Waals surface area contributed by atoms with Crippen LogP contribution >= 0.6 is 0 Å². The minimum absolute atomic E-state index is 0.0420. The maximum Gasteiger partial charge on any atom is 0.192 e. The lowest BCUT2D eigenvalue weighted by molar-refractivity contribution is -0.112. The van der Waals surface area contributed by atoms with Gasteiger partial charge in [-0.25, -0.2) is 0 Å². The number of allylic oxidation sites excluding steroid dienone is 1. The van der Waals surface area contributed by atoms with Gasteiger partial charge in [0.1, 0.15) is 12.2 Å². The van der Waals surface area contributed by atoms with E-state index >= 15 is 0 Å². The van der Waals surface area contributed by atoms with Crippen molar-refractivity contribution in [1.29, 1.82) is 0 Å². The maximum absolute atomic E-state index is 10.9. The lowest BCUT2D eigenvalue weighted by atomic mass is 10.1. The van der Waals surface area contributed by atoms with Gasteiger partial charge in [-0.1, -0.05) is 27.7 Å². The topological polar surface area (TPSA) is 66.8 Å². The summed E-state index contributed by atoms with van der Waals surface area (Å²) >= 11 is 0. The predicted molar refractivity (Wildman–Crippen MR) is 84.2 cm³/mol. The van der Waals surface area contributed by atoms with Crippen LogP contribution in [-0.2, 0) is 9.22 Å². The molecular weight excluding hydrogens is 272 g/mol. The molecule has 118 valence electrons. The minimum Gasteiger partial charge on any atom is -0.411 e. The van der Waals surface area contributed by atoms with Gasteiger partial charge in [-0.15, -0.1) is 0 Å². The van der Waals surface area contributed by atoms with Crippen molar-refractivity contribution >= 4 is 14.1 Å². The van der Waals surface area contributed by atoms with E-state index < -0.39 is 26.6 Å². The van der Waals surface area contributed by atoms with Crippen LogP contribution in [0.4, 0.5) is 0 Å². The van der Waals surface area contributed by atoms with E-state index in [1.54, 1.807) is 0 Å². The number of aliphatic hydroxyl groups is 2. The quantitative estimate of drug-likeness (QED) is 0.560. The Hall–Kier alpha value is -0.493. The summed E-state index contributed by atoms with van der Waals surface area (Å²) in [6.45, 7) is 13.9. The van der Waals surface area contributed by atoms with Crippen LogP contribution in [0.3, 0.4) is 0 Å². The van der Waals surface area contributed by atoms with Crippen molar-refractivity contribution in [3.8, 4) is 0 Å². The second-order valence-corrected chi connectivity index (χ2v) is 11.5. The van der Waals surface area contributed by atoms with Gasteiger partial charge < -0.3 is 14.6 Å². The summed E-state index contributed by atoms with van der Waals surface area (Å²) in [4.78, 5) is 10.9. The molecule has 0 fully saturated rings. The molecule has 0 saturated carbocycles. The van der Waals surface area contributed by atoms with Gasteiger partial charge in [0.15, 0.2) is 14.1 Å². The van der Waals surface area contributed by atoms with Gasteiger partial charge >= 0.3 is 0 Å². The normalized spacial score (nSPS) is 18.1. The van der Waals surface area contributed by atoms with Crippen LogP contribution in [0.25, 0.3) is 0 Å². The number of aliphatic hydroxyl groups excluding tert-OH is 2. The van der Waals surface area contributed by atoms with Crippen LogP contribution in [0, 0.1) is 0 Å². The van der Waals surface area contributed by atoms with Crippen molar-refractivity contribution < 1.29 is 19.4 Å². The first-order valence-electron chi connectivity index (χ1n) is 7.15. The Morgan fingerprint density at radius 2 is 1.80 bits per heavy atom. The van der Waals surface area contributed by atoms with Gasteiger partial charge in [-0.3, -0.25) is 4.79 Å². The predicted octanol–water partition coefficient (Wildman–Crippen LogP) is 2.65. The first-order chi connectivity index (χ1) is 8.92. The molecule has 0 amide bonds. The Kier molecular flexibility index (Phi) is 7.31. The molecule has 3 atom stereocenters. The van der Waals surface area contributed by atoms with E-state index in [1.165, 1.54) is 19.1 Å². The zero-order valence-electron chi connectivity index (χ0n) is 13.8. The Balaban J connectivity index is 4.88. The number of ketones is 1. The zero-order chi connectivity index (χ0) is 16.1. The number of carbonyl (C=O) groups is 1. The lowest BCUT2D eigenvalue weighted by Crippen LogP contribution is -2.49. The van der Waals surface area contributed by atoms with Gasteiger partial charge in [0.05, 0.1) is 6.10 Å². The second kappa shape index (κ2) is 7.50. The van der Waals surface area contributed by atoms with Gasteiger partial charge in [-0.05, 0) is 43.6 Å². The third-order valence-corrected chi connectivity index (χ3v) is 8.42. The number of rotatable bonds is 7. The Bertz CT molecular complexity index is 344. The number of hydrogen-bond acceptors (Lipinski definition) is 4. The summed E-state index contributed by atoms with van der Waals surface area (Å²) in [5, 5.41) is 20.2. The van der Waals surface area contributed by atoms with Crippen molar-refractivity contribution in [1.82, 2.24) is 0 Å². The van der Waals surface area contributed by atoms with Crippen molar-refractivity contribution in [3.63, 3.8) is 0 Å². The van der Waals surface area contributed by atoms with Gasteiger partial charge in [0.2, 0.25) is 0 Å². The molecule has 0 heterocycles. The van der Waals surface area contributed by atoms with Gasteiger partial charge in [0.25, 0.3) is 0 Å². The molecule has 0 aromatic heterocycles. The minimum atomic E-state index is -2.00. The summed E-state index contributed by atoms with van der Waals surface area (Å²) in [6.07, 6.45) is 0.664. The van der Waals surface area contributed by atoms with E-state index in [9.17, 15) is 15.0 Å². The first-order valence-corrected chi connectivity index (χ1v) is 10.1. The molecule has 0 unspecified atom stereocenters.